The van der Waals surface area contributed by atoms with Gasteiger partial charge in [0.2, 0.25) is 0 Å². The van der Waals surface area contributed by atoms with E-state index in [4.69, 9.17) is 9.15 Å². The van der Waals surface area contributed by atoms with E-state index in [1.165, 1.54) is 6.92 Å². The van der Waals surface area contributed by atoms with Gasteiger partial charge in [-0.15, -0.1) is 0 Å². The third-order valence-electron chi connectivity index (χ3n) is 2.21. The van der Waals surface area contributed by atoms with Gasteiger partial charge in [-0.1, -0.05) is 6.07 Å². The van der Waals surface area contributed by atoms with Crippen molar-refractivity contribution in [1.82, 2.24) is 0 Å². The predicted molar refractivity (Wildman–Crippen MR) is 57.0 cm³/mol. The van der Waals surface area contributed by atoms with E-state index in [1.807, 2.05) is 25.1 Å². The molecule has 0 radical (unpaired) electrons. The second kappa shape index (κ2) is 3.42. The average molecular weight is 204 g/mol. The third-order valence-corrected chi connectivity index (χ3v) is 2.21. The van der Waals surface area contributed by atoms with Gasteiger partial charge in [0.25, 0.3) is 0 Å². The Morgan fingerprint density at radius 3 is 2.73 bits per heavy atom. The summed E-state index contributed by atoms with van der Waals surface area (Å²) < 4.78 is 10.6. The molecule has 0 unspecified atom stereocenters. The van der Waals surface area contributed by atoms with Crippen molar-refractivity contribution in [3.05, 3.63) is 29.5 Å². The normalized spacial score (nSPS) is 10.6. The van der Waals surface area contributed by atoms with Crippen LogP contribution in [-0.4, -0.2) is 5.97 Å². The molecule has 0 bridgehead atoms. The number of ether oxygens (including phenoxy) is 1. The van der Waals surface area contributed by atoms with Crippen molar-refractivity contribution in [2.45, 2.75) is 20.8 Å². The molecular formula is C12H12O3. The molecule has 0 atom stereocenters. The van der Waals surface area contributed by atoms with Gasteiger partial charge < -0.3 is 9.15 Å². The molecule has 0 aliphatic carbocycles. The molecule has 3 nitrogen and oxygen atoms in total. The molecule has 0 aliphatic rings. The molecule has 0 aliphatic heterocycles. The fraction of sp³-hybridized carbons (Fsp3) is 0.250. The summed E-state index contributed by atoms with van der Waals surface area (Å²) >= 11 is 0. The summed E-state index contributed by atoms with van der Waals surface area (Å²) in [5, 5.41) is 0.841. The number of hydrogen-bond acceptors (Lipinski definition) is 3. The lowest BCUT2D eigenvalue weighted by Gasteiger charge is -1.98. The van der Waals surface area contributed by atoms with Crippen molar-refractivity contribution < 1.29 is 13.9 Å². The van der Waals surface area contributed by atoms with Gasteiger partial charge in [0.15, 0.2) is 5.75 Å². The van der Waals surface area contributed by atoms with Gasteiger partial charge in [0.05, 0.1) is 5.39 Å². The molecule has 2 aromatic rings. The summed E-state index contributed by atoms with van der Waals surface area (Å²) in [6.45, 7) is 5.16. The zero-order valence-corrected chi connectivity index (χ0v) is 8.96. The van der Waals surface area contributed by atoms with Gasteiger partial charge in [-0.3, -0.25) is 4.79 Å². The molecule has 0 amide bonds. The Bertz CT molecular complexity index is 523. The number of carbonyl (C=O) groups is 1. The highest BCUT2D eigenvalue weighted by atomic mass is 16.5. The topological polar surface area (TPSA) is 39.4 Å². The molecule has 15 heavy (non-hydrogen) atoms. The van der Waals surface area contributed by atoms with E-state index < -0.39 is 0 Å². The van der Waals surface area contributed by atoms with Crippen LogP contribution in [0.3, 0.4) is 0 Å². The first-order valence-electron chi connectivity index (χ1n) is 4.76. The van der Waals surface area contributed by atoms with Gasteiger partial charge in [-0.05, 0) is 31.5 Å². The Kier molecular flexibility index (Phi) is 2.23. The van der Waals surface area contributed by atoms with E-state index in [2.05, 4.69) is 0 Å². The highest BCUT2D eigenvalue weighted by Crippen LogP contribution is 2.33. The first kappa shape index (κ1) is 9.77. The number of hydrogen-bond donors (Lipinski definition) is 0. The van der Waals surface area contributed by atoms with E-state index >= 15 is 0 Å². The SMILES string of the molecule is CC(=O)Oc1c(C)oc2cc(C)ccc12. The largest absolute Gasteiger partial charge is 0.457 e. The van der Waals surface area contributed by atoms with Crippen LogP contribution in [-0.2, 0) is 4.79 Å². The molecule has 1 heterocycles. The molecule has 1 aromatic carbocycles. The van der Waals surface area contributed by atoms with Crippen molar-refractivity contribution in [2.24, 2.45) is 0 Å². The second-order valence-corrected chi connectivity index (χ2v) is 3.58. The van der Waals surface area contributed by atoms with Crippen molar-refractivity contribution in [3.8, 4) is 5.75 Å². The van der Waals surface area contributed by atoms with Gasteiger partial charge in [0, 0.05) is 6.92 Å². The number of rotatable bonds is 1. The van der Waals surface area contributed by atoms with Crippen LogP contribution in [0.4, 0.5) is 0 Å². The van der Waals surface area contributed by atoms with Crippen LogP contribution < -0.4 is 4.74 Å². The van der Waals surface area contributed by atoms with Gasteiger partial charge in [0.1, 0.15) is 11.3 Å². The monoisotopic (exact) mass is 204 g/mol. The maximum Gasteiger partial charge on any atom is 0.308 e. The Morgan fingerprint density at radius 1 is 1.33 bits per heavy atom. The molecule has 0 saturated heterocycles. The number of esters is 1. The van der Waals surface area contributed by atoms with Crippen LogP contribution in [0, 0.1) is 13.8 Å². The zero-order valence-electron chi connectivity index (χ0n) is 8.96. The Balaban J connectivity index is 2.63. The molecule has 3 heteroatoms. The van der Waals surface area contributed by atoms with E-state index in [1.54, 1.807) is 6.92 Å². The quantitative estimate of drug-likeness (QED) is 0.670. The van der Waals surface area contributed by atoms with Gasteiger partial charge >= 0.3 is 5.97 Å². The predicted octanol–water partition coefficient (Wildman–Crippen LogP) is 2.97. The summed E-state index contributed by atoms with van der Waals surface area (Å²) in [6, 6.07) is 5.79. The zero-order chi connectivity index (χ0) is 11.0. The maximum absolute atomic E-state index is 10.9. The van der Waals surface area contributed by atoms with E-state index in [9.17, 15) is 4.79 Å². The Labute approximate surface area is 87.6 Å². The first-order chi connectivity index (χ1) is 7.08. The third kappa shape index (κ3) is 1.73. The summed E-state index contributed by atoms with van der Waals surface area (Å²) in [5.41, 5.74) is 1.87. The first-order valence-corrected chi connectivity index (χ1v) is 4.76. The molecule has 0 spiro atoms. The number of carbonyl (C=O) groups excluding carboxylic acids is 1. The Hall–Kier alpha value is -1.77. The molecule has 0 fully saturated rings. The van der Waals surface area contributed by atoms with E-state index in [0.717, 1.165) is 16.5 Å². The van der Waals surface area contributed by atoms with Gasteiger partial charge in [-0.25, -0.2) is 0 Å². The molecule has 0 saturated carbocycles. The fourth-order valence-corrected chi connectivity index (χ4v) is 1.57. The van der Waals surface area contributed by atoms with E-state index in [0.29, 0.717) is 11.5 Å². The number of furan rings is 1. The summed E-state index contributed by atoms with van der Waals surface area (Å²) in [7, 11) is 0. The fourth-order valence-electron chi connectivity index (χ4n) is 1.57. The molecule has 2 rings (SSSR count). The minimum absolute atomic E-state index is 0.332. The number of benzene rings is 1. The van der Waals surface area contributed by atoms with Crippen LogP contribution in [0.15, 0.2) is 22.6 Å². The highest BCUT2D eigenvalue weighted by molar-refractivity contribution is 5.88. The standard InChI is InChI=1S/C12H12O3/c1-7-4-5-10-11(6-7)14-8(2)12(10)15-9(3)13/h4-6H,1-3H3. The van der Waals surface area contributed by atoms with Crippen molar-refractivity contribution in [2.75, 3.05) is 0 Å². The average Bonchev–Trinajstić information content (AvgIpc) is 2.41. The second-order valence-electron chi connectivity index (χ2n) is 3.58. The summed E-state index contributed by atoms with van der Waals surface area (Å²) in [5.74, 6) is 0.824. The number of fused-ring (bicyclic) bond motifs is 1. The molecule has 0 N–H and O–H groups in total. The van der Waals surface area contributed by atoms with Gasteiger partial charge in [-0.2, -0.15) is 0 Å². The van der Waals surface area contributed by atoms with Crippen molar-refractivity contribution in [1.29, 1.82) is 0 Å². The number of aryl methyl sites for hydroxylation is 2. The minimum Gasteiger partial charge on any atom is -0.457 e. The lowest BCUT2D eigenvalue weighted by atomic mass is 10.2. The minimum atomic E-state index is -0.332. The summed E-state index contributed by atoms with van der Waals surface area (Å²) in [6.07, 6.45) is 0. The smallest absolute Gasteiger partial charge is 0.308 e. The van der Waals surface area contributed by atoms with Crippen LogP contribution in [0.25, 0.3) is 11.0 Å². The van der Waals surface area contributed by atoms with Crippen LogP contribution >= 0.6 is 0 Å². The molecule has 78 valence electrons. The van der Waals surface area contributed by atoms with Crippen molar-refractivity contribution in [3.63, 3.8) is 0 Å². The van der Waals surface area contributed by atoms with Crippen LogP contribution in [0.1, 0.15) is 18.2 Å². The van der Waals surface area contributed by atoms with E-state index in [-0.39, 0.29) is 5.97 Å². The van der Waals surface area contributed by atoms with Crippen molar-refractivity contribution >= 4 is 16.9 Å². The molecular weight excluding hydrogens is 192 g/mol. The maximum atomic E-state index is 10.9. The lowest BCUT2D eigenvalue weighted by Crippen LogP contribution is -2.01. The highest BCUT2D eigenvalue weighted by Gasteiger charge is 2.13. The van der Waals surface area contributed by atoms with Crippen LogP contribution in [0.5, 0.6) is 5.75 Å². The lowest BCUT2D eigenvalue weighted by molar-refractivity contribution is -0.131. The summed E-state index contributed by atoms with van der Waals surface area (Å²) in [4.78, 5) is 10.9. The molecule has 1 aromatic heterocycles. The Morgan fingerprint density at radius 2 is 2.07 bits per heavy atom. The van der Waals surface area contributed by atoms with Crippen LogP contribution in [0.2, 0.25) is 0 Å².